The van der Waals surface area contributed by atoms with Gasteiger partial charge in [0.05, 0.1) is 6.07 Å². The van der Waals surface area contributed by atoms with E-state index in [9.17, 15) is 9.59 Å². The van der Waals surface area contributed by atoms with Gasteiger partial charge in [0.25, 0.3) is 0 Å². The molecule has 0 radical (unpaired) electrons. The summed E-state index contributed by atoms with van der Waals surface area (Å²) < 4.78 is 0. The SMILES string of the molecule is CC(C)C[C@H](NC(=O)N(C)c1ccccc1)C(=O)NCC#N. The van der Waals surface area contributed by atoms with Crippen molar-refractivity contribution in [2.24, 2.45) is 5.92 Å². The normalized spacial score (nSPS) is 11.4. The Morgan fingerprint density at radius 1 is 1.27 bits per heavy atom. The number of hydrogen-bond acceptors (Lipinski definition) is 3. The molecule has 0 spiro atoms. The molecular weight excluding hydrogens is 280 g/mol. The molecule has 0 aromatic heterocycles. The predicted octanol–water partition coefficient (Wildman–Crippen LogP) is 1.89. The van der Waals surface area contributed by atoms with E-state index in [1.165, 1.54) is 4.90 Å². The van der Waals surface area contributed by atoms with Gasteiger partial charge >= 0.3 is 6.03 Å². The minimum atomic E-state index is -0.660. The van der Waals surface area contributed by atoms with E-state index in [4.69, 9.17) is 5.26 Å². The zero-order chi connectivity index (χ0) is 16.5. The number of para-hydroxylation sites is 1. The van der Waals surface area contributed by atoms with Gasteiger partial charge in [-0.05, 0) is 24.5 Å². The van der Waals surface area contributed by atoms with Crippen LogP contribution in [0, 0.1) is 17.2 Å². The van der Waals surface area contributed by atoms with Crippen LogP contribution >= 0.6 is 0 Å². The highest BCUT2D eigenvalue weighted by atomic mass is 16.2. The maximum absolute atomic E-state index is 12.3. The number of rotatable bonds is 6. The molecule has 1 aromatic rings. The van der Waals surface area contributed by atoms with Crippen LogP contribution in [0.25, 0.3) is 0 Å². The van der Waals surface area contributed by atoms with E-state index < -0.39 is 6.04 Å². The van der Waals surface area contributed by atoms with Crippen molar-refractivity contribution in [3.63, 3.8) is 0 Å². The number of nitrogens with one attached hydrogen (secondary N) is 2. The van der Waals surface area contributed by atoms with Crippen LogP contribution in [0.15, 0.2) is 30.3 Å². The highest BCUT2D eigenvalue weighted by molar-refractivity contribution is 5.95. The second kappa shape index (κ2) is 8.67. The Morgan fingerprint density at radius 2 is 1.91 bits per heavy atom. The zero-order valence-electron chi connectivity index (χ0n) is 13.2. The van der Waals surface area contributed by atoms with Crippen molar-refractivity contribution in [2.45, 2.75) is 26.3 Å². The van der Waals surface area contributed by atoms with Crippen molar-refractivity contribution in [2.75, 3.05) is 18.5 Å². The Hall–Kier alpha value is -2.55. The Labute approximate surface area is 131 Å². The number of amides is 3. The van der Waals surface area contributed by atoms with Crippen molar-refractivity contribution >= 4 is 17.6 Å². The van der Waals surface area contributed by atoms with Crippen molar-refractivity contribution in [1.29, 1.82) is 5.26 Å². The Bertz CT molecular complexity index is 537. The lowest BCUT2D eigenvalue weighted by molar-refractivity contribution is -0.123. The molecule has 0 aliphatic heterocycles. The minimum absolute atomic E-state index is 0.0716. The fourth-order valence-electron chi connectivity index (χ4n) is 1.97. The number of benzene rings is 1. The van der Waals surface area contributed by atoms with Gasteiger partial charge in [0.1, 0.15) is 12.6 Å². The first-order valence-electron chi connectivity index (χ1n) is 7.19. The molecule has 6 heteroatoms. The van der Waals surface area contributed by atoms with Crippen LogP contribution in [-0.2, 0) is 4.79 Å². The molecule has 1 rings (SSSR count). The van der Waals surface area contributed by atoms with Gasteiger partial charge in [0.2, 0.25) is 5.91 Å². The molecule has 0 fully saturated rings. The maximum Gasteiger partial charge on any atom is 0.322 e. The van der Waals surface area contributed by atoms with Crippen LogP contribution in [-0.4, -0.2) is 31.6 Å². The predicted molar refractivity (Wildman–Crippen MR) is 85.2 cm³/mol. The number of anilines is 1. The number of carbonyl (C=O) groups is 2. The van der Waals surface area contributed by atoms with Crippen molar-refractivity contribution in [3.05, 3.63) is 30.3 Å². The second-order valence-corrected chi connectivity index (χ2v) is 5.40. The molecule has 6 nitrogen and oxygen atoms in total. The van der Waals surface area contributed by atoms with Crippen LogP contribution in [0.2, 0.25) is 0 Å². The van der Waals surface area contributed by atoms with Gasteiger partial charge in [-0.25, -0.2) is 4.79 Å². The van der Waals surface area contributed by atoms with Crippen LogP contribution < -0.4 is 15.5 Å². The number of hydrogen-bond donors (Lipinski definition) is 2. The highest BCUT2D eigenvalue weighted by Gasteiger charge is 2.23. The molecular formula is C16H22N4O2. The molecule has 0 aliphatic carbocycles. The van der Waals surface area contributed by atoms with Crippen molar-refractivity contribution < 1.29 is 9.59 Å². The molecule has 0 aliphatic rings. The van der Waals surface area contributed by atoms with Gasteiger partial charge in [0.15, 0.2) is 0 Å². The molecule has 1 aromatic carbocycles. The fraction of sp³-hybridized carbons (Fsp3) is 0.438. The summed E-state index contributed by atoms with van der Waals surface area (Å²) in [5.41, 5.74) is 0.737. The van der Waals surface area contributed by atoms with Crippen molar-refractivity contribution in [3.8, 4) is 6.07 Å². The fourth-order valence-corrected chi connectivity index (χ4v) is 1.97. The van der Waals surface area contributed by atoms with Gasteiger partial charge in [-0.1, -0.05) is 32.0 Å². The lowest BCUT2D eigenvalue weighted by Gasteiger charge is -2.24. The molecule has 2 N–H and O–H groups in total. The number of nitriles is 1. The first-order chi connectivity index (χ1) is 10.5. The number of carbonyl (C=O) groups excluding carboxylic acids is 2. The summed E-state index contributed by atoms with van der Waals surface area (Å²) >= 11 is 0. The van der Waals surface area contributed by atoms with Crippen LogP contribution in [0.5, 0.6) is 0 Å². The molecule has 0 saturated carbocycles. The van der Waals surface area contributed by atoms with E-state index in [2.05, 4.69) is 10.6 Å². The molecule has 0 heterocycles. The summed E-state index contributed by atoms with van der Waals surface area (Å²) in [6, 6.07) is 10.0. The molecule has 0 unspecified atom stereocenters. The number of nitrogens with zero attached hydrogens (tertiary/aromatic N) is 2. The molecule has 1 atom stereocenters. The van der Waals surface area contributed by atoms with E-state index in [1.54, 1.807) is 7.05 Å². The summed E-state index contributed by atoms with van der Waals surface area (Å²) in [4.78, 5) is 25.8. The summed E-state index contributed by atoms with van der Waals surface area (Å²) in [7, 11) is 1.64. The van der Waals surface area contributed by atoms with Gasteiger partial charge in [-0.3, -0.25) is 9.69 Å². The second-order valence-electron chi connectivity index (χ2n) is 5.40. The standard InChI is InChI=1S/C16H22N4O2/c1-12(2)11-14(15(21)18-10-9-17)19-16(22)20(3)13-7-5-4-6-8-13/h4-8,12,14H,10-11H2,1-3H3,(H,18,21)(H,19,22)/t14-/m0/s1. The number of urea groups is 1. The van der Waals surface area contributed by atoms with E-state index in [0.29, 0.717) is 6.42 Å². The van der Waals surface area contributed by atoms with Gasteiger partial charge in [-0.2, -0.15) is 5.26 Å². The quantitative estimate of drug-likeness (QED) is 0.787. The topological polar surface area (TPSA) is 85.2 Å². The van der Waals surface area contributed by atoms with E-state index in [-0.39, 0.29) is 24.4 Å². The van der Waals surface area contributed by atoms with Gasteiger partial charge < -0.3 is 10.6 Å². The molecule has 22 heavy (non-hydrogen) atoms. The minimum Gasteiger partial charge on any atom is -0.341 e. The highest BCUT2D eigenvalue weighted by Crippen LogP contribution is 2.12. The largest absolute Gasteiger partial charge is 0.341 e. The lowest BCUT2D eigenvalue weighted by atomic mass is 10.0. The van der Waals surface area contributed by atoms with Crippen LogP contribution in [0.1, 0.15) is 20.3 Å². The first kappa shape index (κ1) is 17.5. The Kier molecular flexibility index (Phi) is 6.90. The molecule has 3 amide bonds. The summed E-state index contributed by atoms with van der Waals surface area (Å²) in [6.07, 6.45) is 0.506. The Morgan fingerprint density at radius 3 is 2.45 bits per heavy atom. The summed E-state index contributed by atoms with van der Waals surface area (Å²) in [5.74, 6) is -0.106. The monoisotopic (exact) mass is 302 g/mol. The van der Waals surface area contributed by atoms with Crippen LogP contribution in [0.3, 0.4) is 0 Å². The molecule has 0 saturated heterocycles. The molecule has 0 bridgehead atoms. The van der Waals surface area contributed by atoms with Gasteiger partial charge in [0, 0.05) is 12.7 Å². The van der Waals surface area contributed by atoms with Gasteiger partial charge in [-0.15, -0.1) is 0 Å². The van der Waals surface area contributed by atoms with Crippen LogP contribution in [0.4, 0.5) is 10.5 Å². The van der Waals surface area contributed by atoms with E-state index in [1.807, 2.05) is 50.2 Å². The van der Waals surface area contributed by atoms with E-state index in [0.717, 1.165) is 5.69 Å². The zero-order valence-corrected chi connectivity index (χ0v) is 13.2. The average Bonchev–Trinajstić information content (AvgIpc) is 2.51. The third-order valence-corrected chi connectivity index (χ3v) is 3.11. The first-order valence-corrected chi connectivity index (χ1v) is 7.19. The summed E-state index contributed by atoms with van der Waals surface area (Å²) in [5, 5.41) is 13.7. The lowest BCUT2D eigenvalue weighted by Crippen LogP contribution is -2.51. The smallest absolute Gasteiger partial charge is 0.322 e. The average molecular weight is 302 g/mol. The third-order valence-electron chi connectivity index (χ3n) is 3.11. The summed E-state index contributed by atoms with van der Waals surface area (Å²) in [6.45, 7) is 3.87. The maximum atomic E-state index is 12.3. The molecule has 118 valence electrons. The third kappa shape index (κ3) is 5.44. The van der Waals surface area contributed by atoms with E-state index >= 15 is 0 Å². The van der Waals surface area contributed by atoms with Crippen molar-refractivity contribution in [1.82, 2.24) is 10.6 Å². The Balaban J connectivity index is 2.74.